The molecule has 0 heterocycles. The highest BCUT2D eigenvalue weighted by Gasteiger charge is 1.84. The van der Waals surface area contributed by atoms with Gasteiger partial charge in [0.2, 0.25) is 0 Å². The van der Waals surface area contributed by atoms with Crippen LogP contribution in [0.5, 0.6) is 0 Å². The molecule has 0 aromatic heterocycles. The van der Waals surface area contributed by atoms with Gasteiger partial charge in [-0.25, -0.2) is 0 Å². The quantitative estimate of drug-likeness (QED) is 0.567. The van der Waals surface area contributed by atoms with Crippen LogP contribution in [0.4, 0.5) is 0 Å². The summed E-state index contributed by atoms with van der Waals surface area (Å²) in [6, 6.07) is 0. The number of hydrogen-bond acceptors (Lipinski definition) is 2. The molecule has 3 heteroatoms. The summed E-state index contributed by atoms with van der Waals surface area (Å²) < 4.78 is 1.16. The maximum atomic E-state index is 8.12. The summed E-state index contributed by atoms with van der Waals surface area (Å²) in [6.45, 7) is 9.25. The van der Waals surface area contributed by atoms with Gasteiger partial charge in [0.15, 0.2) is 0 Å². The number of hydrogen-bond donors (Lipinski definition) is 0. The van der Waals surface area contributed by atoms with Gasteiger partial charge in [0.1, 0.15) is 0 Å². The third-order valence-electron chi connectivity index (χ3n) is 0.862. The number of halogens is 1. The summed E-state index contributed by atoms with van der Waals surface area (Å²) in [5.74, 6) is 0. The lowest BCUT2D eigenvalue weighted by atomic mass is 10.3. The molecule has 0 aliphatic carbocycles. The maximum absolute atomic E-state index is 8.12. The standard InChI is InChI=1S/C7H9I.CO2/c1-4-6(3)7(8)5-2;2-1-3/h4-5H,1-2H2,3H3;/b7-6+;. The van der Waals surface area contributed by atoms with Crippen molar-refractivity contribution in [2.24, 2.45) is 0 Å². The van der Waals surface area contributed by atoms with Gasteiger partial charge in [0.25, 0.3) is 0 Å². The van der Waals surface area contributed by atoms with Crippen molar-refractivity contribution in [3.05, 3.63) is 34.5 Å². The van der Waals surface area contributed by atoms with Crippen molar-refractivity contribution in [3.63, 3.8) is 0 Å². The van der Waals surface area contributed by atoms with Crippen LogP contribution in [0.1, 0.15) is 6.92 Å². The zero-order valence-corrected chi connectivity index (χ0v) is 8.42. The molecule has 0 atom stereocenters. The topological polar surface area (TPSA) is 34.1 Å². The molecule has 0 radical (unpaired) electrons. The third kappa shape index (κ3) is 9.33. The average Bonchev–Trinajstić information content (AvgIpc) is 2.03. The van der Waals surface area contributed by atoms with E-state index in [9.17, 15) is 0 Å². The monoisotopic (exact) mass is 264 g/mol. The smallest absolute Gasteiger partial charge is 0.186 e. The largest absolute Gasteiger partial charge is 0.373 e. The van der Waals surface area contributed by atoms with E-state index in [0.29, 0.717) is 0 Å². The summed E-state index contributed by atoms with van der Waals surface area (Å²) in [7, 11) is 0. The van der Waals surface area contributed by atoms with Gasteiger partial charge in [-0.3, -0.25) is 0 Å². The number of allylic oxidation sites excluding steroid dienone is 4. The van der Waals surface area contributed by atoms with Gasteiger partial charge >= 0.3 is 6.15 Å². The molecule has 0 saturated heterocycles. The molecule has 60 valence electrons. The fraction of sp³-hybridized carbons (Fsp3) is 0.125. The molecule has 0 amide bonds. The molecule has 2 nitrogen and oxygen atoms in total. The molecule has 0 N–H and O–H groups in total. The van der Waals surface area contributed by atoms with Crippen molar-refractivity contribution >= 4 is 28.7 Å². The molecule has 0 rings (SSSR count). The van der Waals surface area contributed by atoms with Crippen LogP contribution in [0.25, 0.3) is 0 Å². The Bertz CT molecular complexity index is 182. The third-order valence-corrected chi connectivity index (χ3v) is 2.15. The molecule has 0 bridgehead atoms. The molecule has 11 heavy (non-hydrogen) atoms. The molecule has 0 spiro atoms. The molecular formula is C8H9IO2. The van der Waals surface area contributed by atoms with Gasteiger partial charge in [-0.05, 0) is 35.1 Å². The van der Waals surface area contributed by atoms with E-state index in [1.165, 1.54) is 5.57 Å². The Morgan fingerprint density at radius 1 is 1.36 bits per heavy atom. The van der Waals surface area contributed by atoms with Crippen molar-refractivity contribution in [1.82, 2.24) is 0 Å². The second-order valence-corrected chi connectivity index (χ2v) is 2.68. The van der Waals surface area contributed by atoms with Crippen molar-refractivity contribution in [2.45, 2.75) is 6.92 Å². The predicted molar refractivity (Wildman–Crippen MR) is 52.1 cm³/mol. The first-order chi connectivity index (χ1) is 5.13. The second-order valence-electron chi connectivity index (χ2n) is 1.52. The van der Waals surface area contributed by atoms with Gasteiger partial charge in [-0.1, -0.05) is 25.3 Å². The summed E-state index contributed by atoms with van der Waals surface area (Å²) in [6.07, 6.45) is 3.89. The summed E-state index contributed by atoms with van der Waals surface area (Å²) >= 11 is 2.22. The van der Waals surface area contributed by atoms with E-state index in [1.807, 2.05) is 19.1 Å². The first kappa shape index (κ1) is 13.0. The molecule has 0 unspecified atom stereocenters. The minimum atomic E-state index is 0.250. The lowest BCUT2D eigenvalue weighted by Gasteiger charge is -1.90. The Balaban J connectivity index is 0. The zero-order chi connectivity index (χ0) is 9.28. The van der Waals surface area contributed by atoms with Crippen LogP contribution in [-0.4, -0.2) is 6.15 Å². The van der Waals surface area contributed by atoms with Crippen molar-refractivity contribution in [2.75, 3.05) is 0 Å². The second kappa shape index (κ2) is 9.33. The van der Waals surface area contributed by atoms with Crippen molar-refractivity contribution in [1.29, 1.82) is 0 Å². The van der Waals surface area contributed by atoms with Gasteiger partial charge in [-0.15, -0.1) is 0 Å². The van der Waals surface area contributed by atoms with E-state index < -0.39 is 0 Å². The molecule has 0 aromatic carbocycles. The van der Waals surface area contributed by atoms with Crippen LogP contribution in [-0.2, 0) is 9.59 Å². The van der Waals surface area contributed by atoms with E-state index >= 15 is 0 Å². The Hall–Kier alpha value is -0.670. The predicted octanol–water partition coefficient (Wildman–Crippen LogP) is 2.48. The summed E-state index contributed by atoms with van der Waals surface area (Å²) in [5.41, 5.74) is 1.18. The summed E-state index contributed by atoms with van der Waals surface area (Å²) in [5, 5.41) is 0. The van der Waals surface area contributed by atoms with Crippen molar-refractivity contribution < 1.29 is 9.59 Å². The Morgan fingerprint density at radius 3 is 1.82 bits per heavy atom. The SMILES string of the molecule is C=C/C(C)=C(/I)C=C.O=C=O. The number of rotatable bonds is 2. The highest BCUT2D eigenvalue weighted by atomic mass is 127. The van der Waals surface area contributed by atoms with Gasteiger partial charge in [0, 0.05) is 3.58 Å². The number of carbonyl (C=O) groups excluding carboxylic acids is 2. The van der Waals surface area contributed by atoms with Crippen molar-refractivity contribution in [3.8, 4) is 0 Å². The van der Waals surface area contributed by atoms with Gasteiger partial charge in [-0.2, -0.15) is 9.59 Å². The lowest BCUT2D eigenvalue weighted by Crippen LogP contribution is -1.67. The van der Waals surface area contributed by atoms with Gasteiger partial charge in [0.05, 0.1) is 0 Å². The molecule has 0 saturated carbocycles. The molecule has 0 aliphatic rings. The zero-order valence-electron chi connectivity index (χ0n) is 6.26. The molecule has 0 fully saturated rings. The van der Waals surface area contributed by atoms with Crippen LogP contribution < -0.4 is 0 Å². The van der Waals surface area contributed by atoms with Crippen LogP contribution in [0.3, 0.4) is 0 Å². The van der Waals surface area contributed by atoms with E-state index in [4.69, 9.17) is 9.59 Å². The normalized spacial score (nSPS) is 9.64. The van der Waals surface area contributed by atoms with Crippen LogP contribution in [0.2, 0.25) is 0 Å². The van der Waals surface area contributed by atoms with Crippen LogP contribution >= 0.6 is 22.6 Å². The highest BCUT2D eigenvalue weighted by Crippen LogP contribution is 2.12. The average molecular weight is 264 g/mol. The van der Waals surface area contributed by atoms with E-state index in [1.54, 1.807) is 0 Å². The van der Waals surface area contributed by atoms with Crippen LogP contribution in [0, 0.1) is 0 Å². The minimum Gasteiger partial charge on any atom is -0.186 e. The van der Waals surface area contributed by atoms with E-state index in [2.05, 4.69) is 35.7 Å². The van der Waals surface area contributed by atoms with Gasteiger partial charge < -0.3 is 0 Å². The first-order valence-corrected chi connectivity index (χ1v) is 3.82. The Labute approximate surface area is 79.8 Å². The van der Waals surface area contributed by atoms with Crippen LogP contribution in [0.15, 0.2) is 34.5 Å². The Morgan fingerprint density at radius 2 is 1.73 bits per heavy atom. The fourth-order valence-electron chi connectivity index (χ4n) is 0.258. The van der Waals surface area contributed by atoms with E-state index in [-0.39, 0.29) is 6.15 Å². The maximum Gasteiger partial charge on any atom is 0.373 e. The molecular weight excluding hydrogens is 255 g/mol. The minimum absolute atomic E-state index is 0.250. The summed E-state index contributed by atoms with van der Waals surface area (Å²) in [4.78, 5) is 16.2. The van der Waals surface area contributed by atoms with E-state index in [0.717, 1.165) is 3.58 Å². The first-order valence-electron chi connectivity index (χ1n) is 2.74. The fourth-order valence-corrected chi connectivity index (χ4v) is 0.479. The Kier molecular flexibility index (Phi) is 11.0. The molecule has 0 aliphatic heterocycles. The molecule has 0 aromatic rings. The lowest BCUT2D eigenvalue weighted by molar-refractivity contribution is -0.191. The highest BCUT2D eigenvalue weighted by molar-refractivity contribution is 14.1.